The van der Waals surface area contributed by atoms with Crippen LogP contribution in [0.3, 0.4) is 0 Å². The summed E-state index contributed by atoms with van der Waals surface area (Å²) in [5, 5.41) is 31.3. The molecule has 0 heterocycles. The number of phenolic OH excluding ortho intramolecular Hbond substituents is 1. The van der Waals surface area contributed by atoms with Crippen molar-refractivity contribution < 1.29 is 29.7 Å². The van der Waals surface area contributed by atoms with Crippen LogP contribution in [-0.4, -0.2) is 33.5 Å². The third-order valence-corrected chi connectivity index (χ3v) is 5.91. The standard InChI is InChI=1S/C11H8O2.C11H8O.C10H9NO.C2H4O2/c12-11(13)10-7-3-5-8-4-1-2-6-9(8)10;12-8-10-6-3-5-9-4-1-2-7-11(9)10;11-9-5-6-10(12)8-4-2-1-3-7(8)9;1-2(3)4/h1-7H,(H,12,13);1-8H;1-6,12H,11H2;1H3,(H,3,4). The summed E-state index contributed by atoms with van der Waals surface area (Å²) in [7, 11) is 0. The van der Waals surface area contributed by atoms with Crippen molar-refractivity contribution in [2.45, 2.75) is 6.92 Å². The average molecular weight is 548 g/mol. The monoisotopic (exact) mass is 547 g/mol. The molecule has 7 nitrogen and oxygen atoms in total. The van der Waals surface area contributed by atoms with Crippen LogP contribution in [0.1, 0.15) is 27.6 Å². The number of aromatic carboxylic acids is 1. The SMILES string of the molecule is CC(=O)O.Nc1ccc(O)c2ccccc12.O=C(O)c1cccc2ccccc12.O=Cc1cccc2ccccc12. The van der Waals surface area contributed by atoms with Gasteiger partial charge in [-0.25, -0.2) is 4.79 Å². The highest BCUT2D eigenvalue weighted by Gasteiger charge is 2.06. The Kier molecular flexibility index (Phi) is 10.5. The summed E-state index contributed by atoms with van der Waals surface area (Å²) in [6.07, 6.45) is 0.891. The zero-order chi connectivity index (χ0) is 29.8. The molecule has 5 N–H and O–H groups in total. The van der Waals surface area contributed by atoms with Crippen molar-refractivity contribution in [3.8, 4) is 5.75 Å². The fourth-order valence-electron chi connectivity index (χ4n) is 4.07. The molecule has 7 heteroatoms. The van der Waals surface area contributed by atoms with Gasteiger partial charge in [-0.1, -0.05) is 103 Å². The molecule has 0 saturated heterocycles. The third-order valence-electron chi connectivity index (χ3n) is 5.91. The number of hydrogen-bond donors (Lipinski definition) is 4. The molecule has 0 aliphatic rings. The molecule has 41 heavy (non-hydrogen) atoms. The first-order chi connectivity index (χ1) is 19.7. The number of carboxylic acids is 2. The van der Waals surface area contributed by atoms with E-state index in [4.69, 9.17) is 20.7 Å². The van der Waals surface area contributed by atoms with Crippen LogP contribution in [-0.2, 0) is 4.79 Å². The first-order valence-corrected chi connectivity index (χ1v) is 12.5. The fraction of sp³-hybridized carbons (Fsp3) is 0.0294. The van der Waals surface area contributed by atoms with Gasteiger partial charge in [-0.2, -0.15) is 0 Å². The largest absolute Gasteiger partial charge is 0.507 e. The van der Waals surface area contributed by atoms with Gasteiger partial charge in [0.1, 0.15) is 5.75 Å². The van der Waals surface area contributed by atoms with E-state index < -0.39 is 11.9 Å². The minimum absolute atomic E-state index is 0.278. The van der Waals surface area contributed by atoms with Crippen LogP contribution >= 0.6 is 0 Å². The van der Waals surface area contributed by atoms with Gasteiger partial charge in [-0.05, 0) is 39.7 Å². The number of aromatic hydroxyl groups is 1. The van der Waals surface area contributed by atoms with Crippen LogP contribution < -0.4 is 5.73 Å². The van der Waals surface area contributed by atoms with Gasteiger partial charge in [0.2, 0.25) is 0 Å². The Morgan fingerprint density at radius 1 is 0.610 bits per heavy atom. The molecule has 6 rings (SSSR count). The second-order valence-corrected chi connectivity index (χ2v) is 8.76. The van der Waals surface area contributed by atoms with E-state index in [9.17, 15) is 14.7 Å². The van der Waals surface area contributed by atoms with E-state index in [-0.39, 0.29) is 5.75 Å². The van der Waals surface area contributed by atoms with Crippen LogP contribution in [0.25, 0.3) is 32.3 Å². The van der Waals surface area contributed by atoms with E-state index >= 15 is 0 Å². The first kappa shape index (κ1) is 29.9. The number of fused-ring (bicyclic) bond motifs is 3. The predicted octanol–water partition coefficient (Wildman–Crippen LogP) is 7.41. The topological polar surface area (TPSA) is 138 Å². The lowest BCUT2D eigenvalue weighted by Gasteiger charge is -2.02. The maximum atomic E-state index is 10.8. The van der Waals surface area contributed by atoms with E-state index in [1.807, 2.05) is 97.1 Å². The van der Waals surface area contributed by atoms with Gasteiger partial charge < -0.3 is 21.1 Å². The first-order valence-electron chi connectivity index (χ1n) is 12.5. The number of anilines is 1. The summed E-state index contributed by atoms with van der Waals surface area (Å²) >= 11 is 0. The normalized spacial score (nSPS) is 9.78. The maximum Gasteiger partial charge on any atom is 0.336 e. The molecule has 0 radical (unpaired) electrons. The summed E-state index contributed by atoms with van der Waals surface area (Å²) in [5.41, 5.74) is 7.53. The van der Waals surface area contributed by atoms with E-state index in [0.717, 1.165) is 51.1 Å². The number of nitrogen functional groups attached to an aromatic ring is 1. The minimum atomic E-state index is -0.878. The fourth-order valence-corrected chi connectivity index (χ4v) is 4.07. The highest BCUT2D eigenvalue weighted by Crippen LogP contribution is 2.28. The molecule has 0 amide bonds. The minimum Gasteiger partial charge on any atom is -0.507 e. The number of phenols is 1. The summed E-state index contributed by atoms with van der Waals surface area (Å²) in [6.45, 7) is 1.08. The van der Waals surface area contributed by atoms with Crippen molar-refractivity contribution in [3.63, 3.8) is 0 Å². The quantitative estimate of drug-likeness (QED) is 0.101. The van der Waals surface area contributed by atoms with Crippen molar-refractivity contribution in [2.75, 3.05) is 5.73 Å². The second kappa shape index (κ2) is 14.5. The number of carbonyl (C=O) groups excluding carboxylic acids is 1. The molecule has 0 aliphatic heterocycles. The molecule has 0 fully saturated rings. The van der Waals surface area contributed by atoms with Crippen LogP contribution in [0.5, 0.6) is 5.75 Å². The van der Waals surface area contributed by atoms with Gasteiger partial charge in [0.15, 0.2) is 6.29 Å². The summed E-state index contributed by atoms with van der Waals surface area (Å²) in [5.74, 6) is -1.43. The maximum absolute atomic E-state index is 10.8. The highest BCUT2D eigenvalue weighted by molar-refractivity contribution is 6.03. The van der Waals surface area contributed by atoms with Gasteiger partial charge in [0.25, 0.3) is 5.97 Å². The number of aliphatic carboxylic acids is 1. The number of aldehydes is 1. The smallest absolute Gasteiger partial charge is 0.336 e. The Hall–Kier alpha value is -5.69. The number of benzene rings is 6. The van der Waals surface area contributed by atoms with Crippen molar-refractivity contribution in [2.24, 2.45) is 0 Å². The number of carboxylic acid groups (broad SMARTS) is 2. The van der Waals surface area contributed by atoms with E-state index in [2.05, 4.69) is 0 Å². The van der Waals surface area contributed by atoms with Gasteiger partial charge in [-0.3, -0.25) is 9.59 Å². The lowest BCUT2D eigenvalue weighted by molar-refractivity contribution is -0.134. The number of carbonyl (C=O) groups is 3. The molecule has 206 valence electrons. The predicted molar refractivity (Wildman–Crippen MR) is 164 cm³/mol. The van der Waals surface area contributed by atoms with Gasteiger partial charge in [0.05, 0.1) is 5.56 Å². The van der Waals surface area contributed by atoms with E-state index in [1.54, 1.807) is 24.3 Å². The van der Waals surface area contributed by atoms with E-state index in [0.29, 0.717) is 11.3 Å². The number of nitrogens with two attached hydrogens (primary N) is 1. The molecule has 0 aromatic heterocycles. The molecular formula is C34H29NO6. The summed E-state index contributed by atoms with van der Waals surface area (Å²) in [4.78, 5) is 30.4. The van der Waals surface area contributed by atoms with Crippen molar-refractivity contribution in [1.82, 2.24) is 0 Å². The van der Waals surface area contributed by atoms with Crippen molar-refractivity contribution in [3.05, 3.63) is 132 Å². The molecule has 0 saturated carbocycles. The molecule has 0 unspecified atom stereocenters. The molecule has 0 bridgehead atoms. The van der Waals surface area contributed by atoms with Crippen molar-refractivity contribution in [1.29, 1.82) is 0 Å². The van der Waals surface area contributed by atoms with Crippen LogP contribution in [0.4, 0.5) is 5.69 Å². The molecule has 0 spiro atoms. The van der Waals surface area contributed by atoms with Gasteiger partial charge in [0, 0.05) is 28.9 Å². The zero-order valence-corrected chi connectivity index (χ0v) is 22.3. The third kappa shape index (κ3) is 8.15. The lowest BCUT2D eigenvalue weighted by Crippen LogP contribution is -1.96. The lowest BCUT2D eigenvalue weighted by atomic mass is 10.1. The van der Waals surface area contributed by atoms with Gasteiger partial charge in [-0.15, -0.1) is 0 Å². The van der Waals surface area contributed by atoms with E-state index in [1.165, 1.54) is 0 Å². The molecule has 0 atom stereocenters. The molecule has 6 aromatic carbocycles. The Labute approximate surface area is 236 Å². The Bertz CT molecular complexity index is 1760. The Balaban J connectivity index is 0.000000159. The van der Waals surface area contributed by atoms with Crippen LogP contribution in [0, 0.1) is 0 Å². The second-order valence-electron chi connectivity index (χ2n) is 8.76. The van der Waals surface area contributed by atoms with Gasteiger partial charge >= 0.3 is 5.97 Å². The van der Waals surface area contributed by atoms with Crippen LogP contribution in [0.15, 0.2) is 121 Å². The number of hydrogen-bond acceptors (Lipinski definition) is 5. The molecule has 0 aliphatic carbocycles. The summed E-state index contributed by atoms with van der Waals surface area (Å²) < 4.78 is 0. The Morgan fingerprint density at radius 3 is 1.63 bits per heavy atom. The average Bonchev–Trinajstić information content (AvgIpc) is 2.99. The molecule has 6 aromatic rings. The van der Waals surface area contributed by atoms with Crippen LogP contribution in [0.2, 0.25) is 0 Å². The Morgan fingerprint density at radius 2 is 1.07 bits per heavy atom. The highest BCUT2D eigenvalue weighted by atomic mass is 16.4. The van der Waals surface area contributed by atoms with Crippen molar-refractivity contribution >= 4 is 56.2 Å². The number of rotatable bonds is 2. The summed E-state index contributed by atoms with van der Waals surface area (Å²) in [6, 6.07) is 37.2. The molecular weight excluding hydrogens is 518 g/mol. The zero-order valence-electron chi connectivity index (χ0n) is 22.3.